The first-order valence-electron chi connectivity index (χ1n) is 8.07. The van der Waals surface area contributed by atoms with Crippen molar-refractivity contribution in [3.05, 3.63) is 29.8 Å². The fourth-order valence-corrected chi connectivity index (χ4v) is 2.77. The van der Waals surface area contributed by atoms with Crippen molar-refractivity contribution >= 4 is 17.5 Å². The lowest BCUT2D eigenvalue weighted by atomic mass is 10.1. The summed E-state index contributed by atoms with van der Waals surface area (Å²) in [5, 5.41) is 2.88. The minimum atomic E-state index is 0.0495. The van der Waals surface area contributed by atoms with Gasteiger partial charge in [-0.05, 0) is 44.7 Å². The summed E-state index contributed by atoms with van der Waals surface area (Å²) in [5.74, 6) is 0.795. The fourth-order valence-electron chi connectivity index (χ4n) is 2.77. The molecule has 1 N–H and O–H groups in total. The van der Waals surface area contributed by atoms with E-state index in [-0.39, 0.29) is 23.8 Å². The molecule has 4 heteroatoms. The Kier molecular flexibility index (Phi) is 5.22. The summed E-state index contributed by atoms with van der Waals surface area (Å²) in [6.45, 7) is 8.52. The Morgan fingerprint density at radius 3 is 2.50 bits per heavy atom. The van der Waals surface area contributed by atoms with Gasteiger partial charge in [0.2, 0.25) is 11.8 Å². The highest BCUT2D eigenvalue weighted by atomic mass is 16.2. The second-order valence-corrected chi connectivity index (χ2v) is 6.50. The van der Waals surface area contributed by atoms with Gasteiger partial charge in [-0.15, -0.1) is 0 Å². The fraction of sp³-hybridized carbons (Fsp3) is 0.556. The molecule has 0 aromatic heterocycles. The number of rotatable bonds is 6. The lowest BCUT2D eigenvalue weighted by Gasteiger charge is -2.28. The highest BCUT2D eigenvalue weighted by Gasteiger charge is 2.38. The predicted molar refractivity (Wildman–Crippen MR) is 88.7 cm³/mol. The summed E-state index contributed by atoms with van der Waals surface area (Å²) in [6, 6.07) is 7.99. The minimum Gasteiger partial charge on any atom is -0.355 e. The number of aryl methyl sites for hydroxylation is 1. The Balaban J connectivity index is 1.93. The molecule has 4 nitrogen and oxygen atoms in total. The van der Waals surface area contributed by atoms with Crippen LogP contribution in [0.4, 0.5) is 5.69 Å². The van der Waals surface area contributed by atoms with Crippen LogP contribution in [0.15, 0.2) is 24.3 Å². The molecule has 0 saturated heterocycles. The monoisotopic (exact) mass is 302 g/mol. The average Bonchev–Trinajstić information content (AvgIpc) is 3.18. The van der Waals surface area contributed by atoms with E-state index < -0.39 is 0 Å². The summed E-state index contributed by atoms with van der Waals surface area (Å²) in [6.07, 6.45) is 1.31. The highest BCUT2D eigenvalue weighted by molar-refractivity contribution is 5.95. The number of nitrogens with zero attached hydrogens (tertiary/aromatic N) is 1. The highest BCUT2D eigenvalue weighted by Crippen LogP contribution is 2.37. The average molecular weight is 302 g/mol. The topological polar surface area (TPSA) is 49.4 Å². The number of carbonyl (C=O) groups excluding carboxylic acids is 2. The zero-order valence-corrected chi connectivity index (χ0v) is 13.9. The second-order valence-electron chi connectivity index (χ2n) is 6.50. The predicted octanol–water partition coefficient (Wildman–Crippen LogP) is 2.90. The van der Waals surface area contributed by atoms with Crippen molar-refractivity contribution in [3.8, 4) is 0 Å². The Labute approximate surface area is 132 Å². The molecule has 22 heavy (non-hydrogen) atoms. The molecule has 1 aromatic rings. The summed E-state index contributed by atoms with van der Waals surface area (Å²) in [5.41, 5.74) is 2.03. The van der Waals surface area contributed by atoms with Crippen LogP contribution in [0.5, 0.6) is 0 Å². The van der Waals surface area contributed by atoms with Crippen LogP contribution in [-0.4, -0.2) is 24.4 Å². The van der Waals surface area contributed by atoms with Crippen LogP contribution in [0.2, 0.25) is 0 Å². The van der Waals surface area contributed by atoms with Crippen LogP contribution in [0.25, 0.3) is 0 Å². The van der Waals surface area contributed by atoms with Gasteiger partial charge in [0.25, 0.3) is 0 Å². The van der Waals surface area contributed by atoms with Gasteiger partial charge < -0.3 is 10.2 Å². The van der Waals surface area contributed by atoms with Gasteiger partial charge in [0, 0.05) is 30.6 Å². The Bertz CT molecular complexity index is 554. The van der Waals surface area contributed by atoms with E-state index in [2.05, 4.69) is 12.2 Å². The standard InChI is InChI=1S/C18H26N2O2/c1-12(2)20(16-8-6-5-7-13(16)3)17(21)9-10-19-18(22)15-11-14(15)4/h5-8,12,14-15H,9-11H2,1-4H3,(H,19,22)/t14-,15+/m1/s1. The lowest BCUT2D eigenvalue weighted by molar-refractivity contribution is -0.122. The number of hydrogen-bond donors (Lipinski definition) is 1. The van der Waals surface area contributed by atoms with E-state index >= 15 is 0 Å². The maximum absolute atomic E-state index is 12.5. The molecule has 1 aliphatic rings. The second kappa shape index (κ2) is 6.95. The number of anilines is 1. The number of nitrogens with one attached hydrogen (secondary N) is 1. The maximum Gasteiger partial charge on any atom is 0.229 e. The molecule has 1 fully saturated rings. The Morgan fingerprint density at radius 1 is 1.32 bits per heavy atom. The molecular weight excluding hydrogens is 276 g/mol. The molecular formula is C18H26N2O2. The van der Waals surface area contributed by atoms with Gasteiger partial charge in [-0.25, -0.2) is 0 Å². The van der Waals surface area contributed by atoms with Crippen LogP contribution in [0.3, 0.4) is 0 Å². The van der Waals surface area contributed by atoms with E-state index in [1.165, 1.54) is 0 Å². The molecule has 0 unspecified atom stereocenters. The van der Waals surface area contributed by atoms with Crippen molar-refractivity contribution in [1.29, 1.82) is 0 Å². The van der Waals surface area contributed by atoms with Crippen LogP contribution in [0.1, 0.15) is 39.2 Å². The molecule has 120 valence electrons. The van der Waals surface area contributed by atoms with E-state index in [0.717, 1.165) is 17.7 Å². The summed E-state index contributed by atoms with van der Waals surface area (Å²) >= 11 is 0. The first kappa shape index (κ1) is 16.5. The normalized spacial score (nSPS) is 19.9. The molecule has 2 rings (SSSR count). The molecule has 2 atom stereocenters. The SMILES string of the molecule is Cc1ccccc1N(C(=O)CCNC(=O)[C@H]1C[C@H]1C)C(C)C. The third kappa shape index (κ3) is 3.87. The smallest absolute Gasteiger partial charge is 0.229 e. The van der Waals surface area contributed by atoms with Gasteiger partial charge in [0.1, 0.15) is 0 Å². The number of carbonyl (C=O) groups is 2. The molecule has 0 radical (unpaired) electrons. The first-order chi connectivity index (χ1) is 10.4. The maximum atomic E-state index is 12.5. The zero-order valence-electron chi connectivity index (χ0n) is 13.9. The summed E-state index contributed by atoms with van der Waals surface area (Å²) in [7, 11) is 0. The molecule has 0 aliphatic heterocycles. The van der Waals surface area contributed by atoms with Crippen LogP contribution >= 0.6 is 0 Å². The Morgan fingerprint density at radius 2 is 1.95 bits per heavy atom. The number of para-hydroxylation sites is 1. The van der Waals surface area contributed by atoms with Crippen LogP contribution in [-0.2, 0) is 9.59 Å². The Hall–Kier alpha value is -1.84. The quantitative estimate of drug-likeness (QED) is 0.878. The number of amides is 2. The van der Waals surface area contributed by atoms with E-state index in [1.807, 2.05) is 49.9 Å². The number of benzene rings is 1. The van der Waals surface area contributed by atoms with Crippen molar-refractivity contribution < 1.29 is 9.59 Å². The van der Waals surface area contributed by atoms with Gasteiger partial charge in [-0.1, -0.05) is 25.1 Å². The molecule has 0 bridgehead atoms. The minimum absolute atomic E-state index is 0.0495. The lowest BCUT2D eigenvalue weighted by Crippen LogP contribution is -2.39. The van der Waals surface area contributed by atoms with Gasteiger partial charge in [-0.3, -0.25) is 9.59 Å². The van der Waals surface area contributed by atoms with E-state index in [9.17, 15) is 9.59 Å². The first-order valence-corrected chi connectivity index (χ1v) is 8.07. The molecule has 0 spiro atoms. The summed E-state index contributed by atoms with van der Waals surface area (Å²) in [4.78, 5) is 26.2. The van der Waals surface area contributed by atoms with Crippen molar-refractivity contribution in [2.24, 2.45) is 11.8 Å². The molecule has 0 heterocycles. The van der Waals surface area contributed by atoms with E-state index in [1.54, 1.807) is 0 Å². The summed E-state index contributed by atoms with van der Waals surface area (Å²) < 4.78 is 0. The van der Waals surface area contributed by atoms with E-state index in [0.29, 0.717) is 18.9 Å². The molecule has 1 saturated carbocycles. The molecule has 1 aromatic carbocycles. The molecule has 1 aliphatic carbocycles. The van der Waals surface area contributed by atoms with Crippen molar-refractivity contribution in [3.63, 3.8) is 0 Å². The van der Waals surface area contributed by atoms with Crippen molar-refractivity contribution in [1.82, 2.24) is 5.32 Å². The van der Waals surface area contributed by atoms with Gasteiger partial charge in [-0.2, -0.15) is 0 Å². The zero-order chi connectivity index (χ0) is 16.3. The van der Waals surface area contributed by atoms with Crippen LogP contribution in [0, 0.1) is 18.8 Å². The largest absolute Gasteiger partial charge is 0.355 e. The number of hydrogen-bond acceptors (Lipinski definition) is 2. The van der Waals surface area contributed by atoms with Gasteiger partial charge in [0.15, 0.2) is 0 Å². The van der Waals surface area contributed by atoms with Crippen LogP contribution < -0.4 is 10.2 Å². The van der Waals surface area contributed by atoms with E-state index in [4.69, 9.17) is 0 Å². The third-order valence-corrected chi connectivity index (χ3v) is 4.24. The third-order valence-electron chi connectivity index (χ3n) is 4.24. The van der Waals surface area contributed by atoms with Crippen molar-refractivity contribution in [2.75, 3.05) is 11.4 Å². The van der Waals surface area contributed by atoms with Crippen molar-refractivity contribution in [2.45, 2.75) is 46.6 Å². The van der Waals surface area contributed by atoms with Gasteiger partial charge in [0.05, 0.1) is 0 Å². The molecule has 2 amide bonds. The van der Waals surface area contributed by atoms with Gasteiger partial charge >= 0.3 is 0 Å².